The summed E-state index contributed by atoms with van der Waals surface area (Å²) in [4.78, 5) is 18.4. The van der Waals surface area contributed by atoms with Crippen LogP contribution in [-0.4, -0.2) is 16.2 Å². The highest BCUT2D eigenvalue weighted by atomic mass is 35.5. The quantitative estimate of drug-likeness (QED) is 0.268. The van der Waals surface area contributed by atoms with Crippen LogP contribution in [0.5, 0.6) is 5.75 Å². The van der Waals surface area contributed by atoms with Gasteiger partial charge < -0.3 is 4.74 Å². The molecule has 1 heterocycles. The number of rotatable bonds is 9. The first-order chi connectivity index (χ1) is 15.7. The highest BCUT2D eigenvalue weighted by Gasteiger charge is 2.16. The summed E-state index contributed by atoms with van der Waals surface area (Å²) in [5.41, 5.74) is 2.35. The Kier molecular flexibility index (Phi) is 7.23. The number of benzene rings is 3. The van der Waals surface area contributed by atoms with Crippen LogP contribution in [0.4, 0.5) is 0 Å². The van der Waals surface area contributed by atoms with E-state index in [9.17, 15) is 4.79 Å². The molecule has 0 atom stereocenters. The van der Waals surface area contributed by atoms with Crippen LogP contribution >= 0.6 is 11.6 Å². The smallest absolute Gasteiger partial charge is 0.261 e. The summed E-state index contributed by atoms with van der Waals surface area (Å²) in [5, 5.41) is 1.23. The zero-order valence-corrected chi connectivity index (χ0v) is 19.0. The summed E-state index contributed by atoms with van der Waals surface area (Å²) in [7, 11) is 0. The molecule has 4 rings (SSSR count). The lowest BCUT2D eigenvalue weighted by atomic mass is 10.1. The maximum Gasteiger partial charge on any atom is 0.261 e. The highest BCUT2D eigenvalue weighted by molar-refractivity contribution is 6.30. The number of halogens is 1. The first-order valence-corrected chi connectivity index (χ1v) is 11.5. The molecule has 0 bridgehead atoms. The zero-order valence-electron chi connectivity index (χ0n) is 18.3. The summed E-state index contributed by atoms with van der Waals surface area (Å²) < 4.78 is 7.85. The van der Waals surface area contributed by atoms with Crippen molar-refractivity contribution in [3.05, 3.63) is 93.7 Å². The first-order valence-electron chi connectivity index (χ1n) is 11.1. The molecular weight excluding hydrogens is 420 g/mol. The minimum atomic E-state index is -0.0803. The van der Waals surface area contributed by atoms with E-state index in [0.29, 0.717) is 34.9 Å². The number of hydrogen-bond acceptors (Lipinski definition) is 3. The molecule has 0 unspecified atom stereocenters. The van der Waals surface area contributed by atoms with Gasteiger partial charge in [-0.25, -0.2) is 4.98 Å². The molecule has 32 heavy (non-hydrogen) atoms. The first kappa shape index (κ1) is 22.1. The Balaban J connectivity index is 1.79. The molecule has 0 aliphatic heterocycles. The zero-order chi connectivity index (χ0) is 22.3. The minimum absolute atomic E-state index is 0.0803. The van der Waals surface area contributed by atoms with Crippen molar-refractivity contribution < 1.29 is 4.74 Å². The number of fused-ring (bicyclic) bond motifs is 1. The van der Waals surface area contributed by atoms with Gasteiger partial charge in [0.2, 0.25) is 0 Å². The maximum atomic E-state index is 13.5. The van der Waals surface area contributed by atoms with E-state index >= 15 is 0 Å². The molecule has 0 aliphatic carbocycles. The van der Waals surface area contributed by atoms with Gasteiger partial charge in [0.15, 0.2) is 0 Å². The molecule has 0 amide bonds. The van der Waals surface area contributed by atoms with Gasteiger partial charge in [0.05, 0.1) is 29.6 Å². The number of nitrogens with zero attached hydrogens (tertiary/aromatic N) is 2. The fourth-order valence-corrected chi connectivity index (χ4v) is 4.04. The van der Waals surface area contributed by atoms with E-state index in [1.54, 1.807) is 4.57 Å². The van der Waals surface area contributed by atoms with Crippen molar-refractivity contribution in [2.24, 2.45) is 0 Å². The third-order valence-electron chi connectivity index (χ3n) is 5.47. The van der Waals surface area contributed by atoms with Crippen molar-refractivity contribution in [2.75, 3.05) is 6.61 Å². The maximum absolute atomic E-state index is 13.5. The van der Waals surface area contributed by atoms with Crippen molar-refractivity contribution in [2.45, 2.75) is 39.2 Å². The Morgan fingerprint density at radius 3 is 2.59 bits per heavy atom. The van der Waals surface area contributed by atoms with E-state index in [1.165, 1.54) is 12.8 Å². The van der Waals surface area contributed by atoms with Crippen LogP contribution in [0.2, 0.25) is 5.02 Å². The van der Waals surface area contributed by atoms with Crippen LogP contribution in [0, 0.1) is 0 Å². The molecule has 0 radical (unpaired) electrons. The predicted octanol–water partition coefficient (Wildman–Crippen LogP) is 6.72. The molecular formula is C27H27ClN2O2. The van der Waals surface area contributed by atoms with Crippen molar-refractivity contribution in [1.29, 1.82) is 0 Å². The fourth-order valence-electron chi connectivity index (χ4n) is 3.83. The minimum Gasteiger partial charge on any atom is -0.493 e. The fraction of sp³-hybridized carbons (Fsp3) is 0.259. The summed E-state index contributed by atoms with van der Waals surface area (Å²) in [6.07, 6.45) is 4.54. The summed E-state index contributed by atoms with van der Waals surface area (Å²) in [6.45, 7) is 3.21. The number of aromatic nitrogens is 2. The lowest BCUT2D eigenvalue weighted by molar-refractivity contribution is 0.306. The van der Waals surface area contributed by atoms with Crippen LogP contribution in [0.1, 0.15) is 38.2 Å². The van der Waals surface area contributed by atoms with Gasteiger partial charge in [0, 0.05) is 5.02 Å². The molecule has 0 saturated heterocycles. The average Bonchev–Trinajstić information content (AvgIpc) is 2.81. The molecule has 1 aromatic heterocycles. The topological polar surface area (TPSA) is 44.1 Å². The lowest BCUT2D eigenvalue weighted by Crippen LogP contribution is -2.24. The predicted molar refractivity (Wildman–Crippen MR) is 132 cm³/mol. The molecule has 5 heteroatoms. The largest absolute Gasteiger partial charge is 0.493 e. The van der Waals surface area contributed by atoms with Crippen LogP contribution in [0.3, 0.4) is 0 Å². The van der Waals surface area contributed by atoms with E-state index in [-0.39, 0.29) is 5.56 Å². The molecule has 0 saturated carbocycles. The van der Waals surface area contributed by atoms with Crippen LogP contribution < -0.4 is 10.3 Å². The van der Waals surface area contributed by atoms with Gasteiger partial charge in [0.25, 0.3) is 5.56 Å². The third-order valence-corrected chi connectivity index (χ3v) is 5.71. The molecule has 0 spiro atoms. The Labute approximate surface area is 193 Å². The standard InChI is InChI=1S/C27H27ClN2O2/c1-2-3-4-9-17-32-25-16-8-6-14-23(25)26-29-24-15-7-5-13-22(24)27(31)30(26)19-20-11-10-12-21(28)18-20/h5-8,10-16,18H,2-4,9,17,19H2,1H3. The molecule has 0 aliphatic rings. The van der Waals surface area contributed by atoms with Crippen molar-refractivity contribution in [3.8, 4) is 17.1 Å². The van der Waals surface area contributed by atoms with Gasteiger partial charge in [-0.15, -0.1) is 0 Å². The SMILES string of the molecule is CCCCCCOc1ccccc1-c1nc2ccccc2c(=O)n1Cc1cccc(Cl)c1. The van der Waals surface area contributed by atoms with Gasteiger partial charge in [0.1, 0.15) is 11.6 Å². The van der Waals surface area contributed by atoms with E-state index in [1.807, 2.05) is 72.8 Å². The molecule has 4 aromatic rings. The number of unbranched alkanes of at least 4 members (excludes halogenated alkanes) is 3. The third kappa shape index (κ3) is 5.03. The monoisotopic (exact) mass is 446 g/mol. The summed E-state index contributed by atoms with van der Waals surface area (Å²) in [5.74, 6) is 1.34. The normalized spacial score (nSPS) is 11.1. The second kappa shape index (κ2) is 10.5. The Morgan fingerprint density at radius 2 is 1.75 bits per heavy atom. The van der Waals surface area contributed by atoms with Crippen LogP contribution in [0.25, 0.3) is 22.3 Å². The average molecular weight is 447 g/mol. The Hall–Kier alpha value is -3.11. The van der Waals surface area contributed by atoms with Gasteiger partial charge in [-0.3, -0.25) is 9.36 Å². The van der Waals surface area contributed by atoms with E-state index in [2.05, 4.69) is 6.92 Å². The molecule has 4 nitrogen and oxygen atoms in total. The summed E-state index contributed by atoms with van der Waals surface area (Å²) in [6, 6.07) is 22.8. The molecule has 164 valence electrons. The molecule has 3 aromatic carbocycles. The van der Waals surface area contributed by atoms with E-state index < -0.39 is 0 Å². The van der Waals surface area contributed by atoms with E-state index in [4.69, 9.17) is 21.3 Å². The number of hydrogen-bond donors (Lipinski definition) is 0. The second-order valence-electron chi connectivity index (χ2n) is 7.88. The molecule has 0 N–H and O–H groups in total. The van der Waals surface area contributed by atoms with Gasteiger partial charge in [-0.05, 0) is 48.4 Å². The number of ether oxygens (including phenoxy) is 1. The van der Waals surface area contributed by atoms with Crippen LogP contribution in [0.15, 0.2) is 77.6 Å². The van der Waals surface area contributed by atoms with Gasteiger partial charge in [-0.1, -0.05) is 74.2 Å². The molecule has 0 fully saturated rings. The van der Waals surface area contributed by atoms with Crippen LogP contribution in [-0.2, 0) is 6.54 Å². The number of para-hydroxylation sites is 2. The van der Waals surface area contributed by atoms with Crippen molar-refractivity contribution in [1.82, 2.24) is 9.55 Å². The lowest BCUT2D eigenvalue weighted by Gasteiger charge is -2.17. The Bertz CT molecular complexity index is 1270. The van der Waals surface area contributed by atoms with Gasteiger partial charge >= 0.3 is 0 Å². The van der Waals surface area contributed by atoms with Gasteiger partial charge in [-0.2, -0.15) is 0 Å². The van der Waals surface area contributed by atoms with E-state index in [0.717, 1.165) is 29.7 Å². The summed E-state index contributed by atoms with van der Waals surface area (Å²) >= 11 is 6.20. The van der Waals surface area contributed by atoms with Crippen molar-refractivity contribution in [3.63, 3.8) is 0 Å². The van der Waals surface area contributed by atoms with Crippen molar-refractivity contribution >= 4 is 22.5 Å². The second-order valence-corrected chi connectivity index (χ2v) is 8.32. The highest BCUT2D eigenvalue weighted by Crippen LogP contribution is 2.30. The Morgan fingerprint density at radius 1 is 0.938 bits per heavy atom.